The maximum absolute atomic E-state index is 10.8. The average molecular weight is 242 g/mol. The molecule has 0 unspecified atom stereocenters. The maximum Gasteiger partial charge on any atom is 0.198 e. The lowest BCUT2D eigenvalue weighted by Crippen LogP contribution is -2.08. The van der Waals surface area contributed by atoms with Crippen LogP contribution in [0, 0.1) is 0 Å². The molecule has 2 nitrogen and oxygen atoms in total. The smallest absolute Gasteiger partial charge is 0.198 e. The van der Waals surface area contributed by atoms with Gasteiger partial charge in [0.25, 0.3) is 0 Å². The van der Waals surface area contributed by atoms with Gasteiger partial charge in [-0.3, -0.25) is 4.79 Å². The third-order valence-corrected chi connectivity index (χ3v) is 2.58. The van der Waals surface area contributed by atoms with Crippen LogP contribution >= 0.6 is 12.2 Å². The highest BCUT2D eigenvalue weighted by Gasteiger charge is 2.06. The molecule has 2 rings (SSSR count). The van der Waals surface area contributed by atoms with E-state index < -0.39 is 0 Å². The van der Waals surface area contributed by atoms with Crippen LogP contribution in [0.3, 0.4) is 0 Å². The Kier molecular flexibility index (Phi) is 3.62. The van der Waals surface area contributed by atoms with E-state index in [0.29, 0.717) is 16.4 Å². The molecule has 84 valence electrons. The molecule has 2 aromatic rings. The minimum Gasteiger partial charge on any atom is -0.444 e. The van der Waals surface area contributed by atoms with Gasteiger partial charge in [-0.15, -0.1) is 0 Å². The van der Waals surface area contributed by atoms with Gasteiger partial charge in [0.1, 0.15) is 5.75 Å². The quantitative estimate of drug-likeness (QED) is 0.610. The van der Waals surface area contributed by atoms with Gasteiger partial charge in [-0.25, -0.2) is 0 Å². The number of carbonyl (C=O) groups is 1. The highest BCUT2D eigenvalue weighted by Crippen LogP contribution is 2.17. The Hall–Kier alpha value is -2.00. The van der Waals surface area contributed by atoms with E-state index in [4.69, 9.17) is 17.0 Å². The SMILES string of the molecule is O=Cc1ccccc1OC(=S)c1ccccc1. The standard InChI is InChI=1S/C14H10O2S/c15-10-12-8-4-5-9-13(12)16-14(17)11-6-2-1-3-7-11/h1-10H. The molecule has 0 aromatic heterocycles. The normalized spacial score (nSPS) is 9.65. The topological polar surface area (TPSA) is 26.3 Å². The fraction of sp³-hybridized carbons (Fsp3) is 0. The molecule has 0 saturated heterocycles. The van der Waals surface area contributed by atoms with Crippen molar-refractivity contribution >= 4 is 23.6 Å². The van der Waals surface area contributed by atoms with Crippen molar-refractivity contribution in [3.8, 4) is 5.75 Å². The van der Waals surface area contributed by atoms with Crippen molar-refractivity contribution in [1.82, 2.24) is 0 Å². The van der Waals surface area contributed by atoms with Crippen LogP contribution in [0.5, 0.6) is 5.75 Å². The number of hydrogen-bond acceptors (Lipinski definition) is 3. The van der Waals surface area contributed by atoms with Crippen LogP contribution in [0.1, 0.15) is 15.9 Å². The molecule has 0 atom stereocenters. The van der Waals surface area contributed by atoms with Crippen molar-refractivity contribution in [2.45, 2.75) is 0 Å². The highest BCUT2D eigenvalue weighted by molar-refractivity contribution is 7.80. The molecule has 0 N–H and O–H groups in total. The van der Waals surface area contributed by atoms with Gasteiger partial charge in [-0.05, 0) is 24.4 Å². The summed E-state index contributed by atoms with van der Waals surface area (Å²) in [4.78, 5) is 10.8. The second-order valence-electron chi connectivity index (χ2n) is 3.41. The summed E-state index contributed by atoms with van der Waals surface area (Å²) in [6, 6.07) is 16.4. The van der Waals surface area contributed by atoms with Crippen LogP contribution in [0.15, 0.2) is 54.6 Å². The Morgan fingerprint density at radius 2 is 1.65 bits per heavy atom. The first-order valence-electron chi connectivity index (χ1n) is 5.12. The number of carbonyl (C=O) groups excluding carboxylic acids is 1. The van der Waals surface area contributed by atoms with E-state index in [9.17, 15) is 4.79 Å². The summed E-state index contributed by atoms with van der Waals surface area (Å²) in [5.41, 5.74) is 1.31. The lowest BCUT2D eigenvalue weighted by atomic mass is 10.2. The van der Waals surface area contributed by atoms with Crippen LogP contribution in [0.25, 0.3) is 0 Å². The molecule has 0 fully saturated rings. The second kappa shape index (κ2) is 5.37. The first-order valence-corrected chi connectivity index (χ1v) is 5.53. The summed E-state index contributed by atoms with van der Waals surface area (Å²) in [6.07, 6.45) is 0.753. The number of benzene rings is 2. The molecule has 0 spiro atoms. The summed E-state index contributed by atoms with van der Waals surface area (Å²) in [5, 5.41) is 0.361. The molecule has 0 radical (unpaired) electrons. The first-order chi connectivity index (χ1) is 8.31. The molecular weight excluding hydrogens is 232 g/mol. The molecule has 2 aromatic carbocycles. The van der Waals surface area contributed by atoms with Crippen LogP contribution in [0.2, 0.25) is 0 Å². The summed E-state index contributed by atoms with van der Waals surface area (Å²) in [5.74, 6) is 0.483. The van der Waals surface area contributed by atoms with E-state index in [0.717, 1.165) is 11.8 Å². The van der Waals surface area contributed by atoms with Crippen molar-refractivity contribution in [2.75, 3.05) is 0 Å². The second-order valence-corrected chi connectivity index (χ2v) is 3.78. The summed E-state index contributed by atoms with van der Waals surface area (Å²) in [7, 11) is 0. The van der Waals surface area contributed by atoms with Gasteiger partial charge in [-0.2, -0.15) is 0 Å². The zero-order valence-electron chi connectivity index (χ0n) is 9.00. The minimum absolute atomic E-state index is 0.361. The van der Waals surface area contributed by atoms with Crippen molar-refractivity contribution in [3.05, 3.63) is 65.7 Å². The monoisotopic (exact) mass is 242 g/mol. The van der Waals surface area contributed by atoms with Crippen LogP contribution in [0.4, 0.5) is 0 Å². The van der Waals surface area contributed by atoms with E-state index in [1.165, 1.54) is 0 Å². The molecule has 3 heteroatoms. The number of hydrogen-bond donors (Lipinski definition) is 0. The molecule has 0 bridgehead atoms. The van der Waals surface area contributed by atoms with Gasteiger partial charge in [-0.1, -0.05) is 42.5 Å². The van der Waals surface area contributed by atoms with Crippen LogP contribution in [-0.2, 0) is 0 Å². The number of para-hydroxylation sites is 1. The lowest BCUT2D eigenvalue weighted by Gasteiger charge is -2.08. The van der Waals surface area contributed by atoms with Gasteiger partial charge < -0.3 is 4.74 Å². The zero-order chi connectivity index (χ0) is 12.1. The van der Waals surface area contributed by atoms with Crippen LogP contribution in [-0.4, -0.2) is 11.3 Å². The Balaban J connectivity index is 2.22. The largest absolute Gasteiger partial charge is 0.444 e. The van der Waals surface area contributed by atoms with E-state index in [1.54, 1.807) is 24.3 Å². The molecule has 0 aliphatic heterocycles. The van der Waals surface area contributed by atoms with Crippen molar-refractivity contribution in [3.63, 3.8) is 0 Å². The van der Waals surface area contributed by atoms with Gasteiger partial charge in [0.05, 0.1) is 5.56 Å². The molecule has 0 aliphatic carbocycles. The molecule has 0 aliphatic rings. The molecule has 0 saturated carbocycles. The Morgan fingerprint density at radius 3 is 2.35 bits per heavy atom. The number of aldehydes is 1. The van der Waals surface area contributed by atoms with Crippen molar-refractivity contribution in [2.24, 2.45) is 0 Å². The minimum atomic E-state index is 0.361. The molecular formula is C14H10O2S. The molecule has 0 amide bonds. The van der Waals surface area contributed by atoms with E-state index in [2.05, 4.69) is 0 Å². The number of thiocarbonyl (C=S) groups is 1. The average Bonchev–Trinajstić information content (AvgIpc) is 2.40. The van der Waals surface area contributed by atoms with Crippen molar-refractivity contribution in [1.29, 1.82) is 0 Å². The lowest BCUT2D eigenvalue weighted by molar-refractivity contribution is 0.112. The van der Waals surface area contributed by atoms with Gasteiger partial charge in [0.15, 0.2) is 11.3 Å². The van der Waals surface area contributed by atoms with Crippen molar-refractivity contribution < 1.29 is 9.53 Å². The molecule has 0 heterocycles. The van der Waals surface area contributed by atoms with E-state index in [-0.39, 0.29) is 0 Å². The third kappa shape index (κ3) is 2.77. The Bertz CT molecular complexity index is 535. The van der Waals surface area contributed by atoms with Gasteiger partial charge in [0, 0.05) is 5.56 Å². The Labute approximate surface area is 105 Å². The van der Waals surface area contributed by atoms with Gasteiger partial charge in [0.2, 0.25) is 0 Å². The van der Waals surface area contributed by atoms with E-state index in [1.807, 2.05) is 30.3 Å². The maximum atomic E-state index is 10.8. The fourth-order valence-electron chi connectivity index (χ4n) is 1.40. The number of ether oxygens (including phenoxy) is 1. The van der Waals surface area contributed by atoms with Gasteiger partial charge >= 0.3 is 0 Å². The number of rotatable bonds is 3. The highest BCUT2D eigenvalue weighted by atomic mass is 32.1. The zero-order valence-corrected chi connectivity index (χ0v) is 9.81. The first kappa shape index (κ1) is 11.5. The summed E-state index contributed by atoms with van der Waals surface area (Å²) < 4.78 is 5.52. The Morgan fingerprint density at radius 1 is 1.00 bits per heavy atom. The van der Waals surface area contributed by atoms with E-state index >= 15 is 0 Å². The fourth-order valence-corrected chi connectivity index (χ4v) is 1.63. The molecule has 17 heavy (non-hydrogen) atoms. The predicted molar refractivity (Wildman–Crippen MR) is 70.6 cm³/mol. The summed E-state index contributed by atoms with van der Waals surface area (Å²) >= 11 is 5.17. The van der Waals surface area contributed by atoms with Crippen LogP contribution < -0.4 is 4.74 Å². The predicted octanol–water partition coefficient (Wildman–Crippen LogP) is 3.25. The summed E-state index contributed by atoms with van der Waals surface area (Å²) in [6.45, 7) is 0. The third-order valence-electron chi connectivity index (χ3n) is 2.26.